The van der Waals surface area contributed by atoms with Crippen molar-refractivity contribution in [1.82, 2.24) is 4.90 Å². The molecule has 0 bridgehead atoms. The van der Waals surface area contributed by atoms with Crippen LogP contribution in [0.4, 0.5) is 0 Å². The molecule has 0 fully saturated rings. The van der Waals surface area contributed by atoms with Gasteiger partial charge in [0.2, 0.25) is 0 Å². The summed E-state index contributed by atoms with van der Waals surface area (Å²) >= 11 is 0. The number of nitrogens with zero attached hydrogens (tertiary/aromatic N) is 1. The highest BCUT2D eigenvalue weighted by atomic mass is 16.5. The molecule has 0 radical (unpaired) electrons. The van der Waals surface area contributed by atoms with Crippen LogP contribution in [0.1, 0.15) is 12.8 Å². The zero-order valence-electron chi connectivity index (χ0n) is 29.0. The van der Waals surface area contributed by atoms with Gasteiger partial charge in [0.05, 0.1) is 103 Å². The molecule has 21 heteroatoms. The lowest BCUT2D eigenvalue weighted by molar-refractivity contribution is -0.0996. The van der Waals surface area contributed by atoms with E-state index in [4.69, 9.17) is 39.6 Å². The quantitative estimate of drug-likeness (QED) is 0.0285. The predicted molar refractivity (Wildman–Crippen MR) is 175 cm³/mol. The van der Waals surface area contributed by atoms with Crippen LogP contribution in [-0.4, -0.2) is 255 Å². The van der Waals surface area contributed by atoms with Gasteiger partial charge in [0, 0.05) is 39.4 Å². The summed E-state index contributed by atoms with van der Waals surface area (Å²) in [5.41, 5.74) is 5.24. The molecule has 0 aromatic rings. The fraction of sp³-hybridized carbons (Fsp3) is 1.00. The molecule has 12 atom stereocenters. The van der Waals surface area contributed by atoms with Crippen LogP contribution in [0.2, 0.25) is 0 Å². The largest absolute Gasteiger partial charge is 0.396 e. The zero-order valence-corrected chi connectivity index (χ0v) is 29.0. The number of hydrogen-bond donors (Lipinski definition) is 15. The minimum atomic E-state index is -1.69. The average Bonchev–Trinajstić information content (AvgIpc) is 3.07. The molecule has 21 nitrogen and oxygen atoms in total. The summed E-state index contributed by atoms with van der Waals surface area (Å²) < 4.78 is 26.0. The SMILES string of the molecule is NCC(O)COCC(O)COCC(O)COCC(O)COCC(O)COCC(O)CN(CC(O)C(O)C(O)CCO)CC(O)C(O)C(O)CCO. The van der Waals surface area contributed by atoms with Crippen molar-refractivity contribution in [2.75, 3.05) is 105 Å². The van der Waals surface area contributed by atoms with Gasteiger partial charge in [-0.25, -0.2) is 0 Å². The number of rotatable bonds is 35. The van der Waals surface area contributed by atoms with Crippen molar-refractivity contribution >= 4 is 0 Å². The van der Waals surface area contributed by atoms with Crippen LogP contribution in [0.15, 0.2) is 0 Å². The van der Waals surface area contributed by atoms with Gasteiger partial charge < -0.3 is 101 Å². The standard InChI is InChI=1S/C30H64N2O19/c31-5-19(35)9-47-11-21(37)13-49-15-23(39)17-51-18-24(40)16-50-14-22(38)12-48-10-20(36)6-32(7-27(43)29(45)25(41)1-3-33)8-28(44)30(46)26(42)2-4-34/h19-30,33-46H,1-18,31H2. The van der Waals surface area contributed by atoms with E-state index < -0.39 is 99.6 Å². The number of aliphatic hydroxyl groups excluding tert-OH is 14. The molecule has 51 heavy (non-hydrogen) atoms. The molecular weight excluding hydrogens is 692 g/mol. The van der Waals surface area contributed by atoms with Gasteiger partial charge in [-0.05, 0) is 12.8 Å². The van der Waals surface area contributed by atoms with Gasteiger partial charge >= 0.3 is 0 Å². The lowest BCUT2D eigenvalue weighted by atomic mass is 10.0. The van der Waals surface area contributed by atoms with Gasteiger partial charge in [0.25, 0.3) is 0 Å². The highest BCUT2D eigenvalue weighted by Gasteiger charge is 2.31. The normalized spacial score (nSPS) is 19.5. The van der Waals surface area contributed by atoms with Gasteiger partial charge in [0.15, 0.2) is 0 Å². The van der Waals surface area contributed by atoms with Crippen LogP contribution >= 0.6 is 0 Å². The lowest BCUT2D eigenvalue weighted by Crippen LogP contribution is -2.51. The van der Waals surface area contributed by atoms with Crippen molar-refractivity contribution in [2.24, 2.45) is 5.73 Å². The summed E-state index contributed by atoms with van der Waals surface area (Å²) in [7, 11) is 0. The van der Waals surface area contributed by atoms with E-state index in [0.29, 0.717) is 0 Å². The van der Waals surface area contributed by atoms with Crippen molar-refractivity contribution in [3.8, 4) is 0 Å². The van der Waals surface area contributed by atoms with E-state index in [2.05, 4.69) is 0 Å². The molecule has 0 spiro atoms. The smallest absolute Gasteiger partial charge is 0.107 e. The van der Waals surface area contributed by atoms with E-state index >= 15 is 0 Å². The molecule has 0 aliphatic carbocycles. The summed E-state index contributed by atoms with van der Waals surface area (Å²) in [6.45, 7) is -3.93. The Labute approximate surface area is 297 Å². The van der Waals surface area contributed by atoms with Crippen molar-refractivity contribution in [3.63, 3.8) is 0 Å². The zero-order chi connectivity index (χ0) is 38.8. The molecule has 0 amide bonds. The Morgan fingerprint density at radius 3 is 0.922 bits per heavy atom. The molecule has 0 aromatic carbocycles. The first kappa shape index (κ1) is 50.2. The molecule has 0 aliphatic heterocycles. The first-order valence-corrected chi connectivity index (χ1v) is 16.8. The minimum absolute atomic E-state index is 0.0283. The van der Waals surface area contributed by atoms with Crippen LogP contribution in [0.25, 0.3) is 0 Å². The monoisotopic (exact) mass is 756 g/mol. The third-order valence-electron chi connectivity index (χ3n) is 7.16. The Balaban J connectivity index is 4.46. The number of ether oxygens (including phenoxy) is 5. The number of aliphatic hydroxyl groups is 14. The molecule has 0 rings (SSSR count). The minimum Gasteiger partial charge on any atom is -0.396 e. The maximum Gasteiger partial charge on any atom is 0.107 e. The van der Waals surface area contributed by atoms with E-state index in [-0.39, 0.29) is 92.0 Å². The second-order valence-corrected chi connectivity index (χ2v) is 12.3. The van der Waals surface area contributed by atoms with Gasteiger partial charge in [0.1, 0.15) is 36.6 Å². The van der Waals surface area contributed by atoms with E-state index in [1.165, 1.54) is 4.90 Å². The highest BCUT2D eigenvalue weighted by molar-refractivity contribution is 4.83. The molecule has 12 unspecified atom stereocenters. The Morgan fingerprint density at radius 2 is 0.647 bits per heavy atom. The van der Waals surface area contributed by atoms with Crippen molar-refractivity contribution in [2.45, 2.75) is 86.1 Å². The summed E-state index contributed by atoms with van der Waals surface area (Å²) in [6, 6.07) is 0. The van der Waals surface area contributed by atoms with Crippen LogP contribution < -0.4 is 5.73 Å². The molecular formula is C30H64N2O19. The lowest BCUT2D eigenvalue weighted by Gasteiger charge is -2.33. The first-order chi connectivity index (χ1) is 24.1. The van der Waals surface area contributed by atoms with Gasteiger partial charge in [-0.15, -0.1) is 0 Å². The molecule has 0 aliphatic rings. The predicted octanol–water partition coefficient (Wildman–Crippen LogP) is -8.57. The number of hydrogen-bond acceptors (Lipinski definition) is 21. The first-order valence-electron chi connectivity index (χ1n) is 16.8. The Bertz CT molecular complexity index is 772. The van der Waals surface area contributed by atoms with E-state index in [1.54, 1.807) is 0 Å². The van der Waals surface area contributed by atoms with Crippen molar-refractivity contribution < 1.29 is 95.2 Å². The van der Waals surface area contributed by atoms with E-state index in [0.717, 1.165) is 0 Å². The van der Waals surface area contributed by atoms with Crippen LogP contribution in [0, 0.1) is 0 Å². The maximum absolute atomic E-state index is 10.5. The molecule has 308 valence electrons. The maximum atomic E-state index is 10.5. The van der Waals surface area contributed by atoms with Gasteiger partial charge in [-0.1, -0.05) is 0 Å². The summed E-state index contributed by atoms with van der Waals surface area (Å²) in [6.07, 6.45) is -16.4. The molecule has 0 saturated carbocycles. The fourth-order valence-corrected chi connectivity index (χ4v) is 4.40. The van der Waals surface area contributed by atoms with Crippen molar-refractivity contribution in [1.29, 1.82) is 0 Å². The van der Waals surface area contributed by atoms with E-state index in [9.17, 15) is 61.3 Å². The van der Waals surface area contributed by atoms with E-state index in [1.807, 2.05) is 0 Å². The summed E-state index contributed by atoms with van der Waals surface area (Å²) in [4.78, 5) is 1.24. The number of nitrogens with two attached hydrogens (primary N) is 1. The molecule has 16 N–H and O–H groups in total. The highest BCUT2D eigenvalue weighted by Crippen LogP contribution is 2.11. The third kappa shape index (κ3) is 25.8. The Morgan fingerprint density at radius 1 is 0.373 bits per heavy atom. The third-order valence-corrected chi connectivity index (χ3v) is 7.16. The van der Waals surface area contributed by atoms with Crippen LogP contribution in [0.5, 0.6) is 0 Å². The van der Waals surface area contributed by atoms with Gasteiger partial charge in [-0.3, -0.25) is 4.90 Å². The second kappa shape index (κ2) is 30.5. The fourth-order valence-electron chi connectivity index (χ4n) is 4.40. The molecule has 0 aromatic heterocycles. The topological polar surface area (TPSA) is 359 Å². The van der Waals surface area contributed by atoms with Crippen LogP contribution in [-0.2, 0) is 23.7 Å². The summed E-state index contributed by atoms with van der Waals surface area (Å²) in [5.74, 6) is 0. The second-order valence-electron chi connectivity index (χ2n) is 12.3. The Hall–Kier alpha value is -0.840. The molecule has 0 heterocycles. The van der Waals surface area contributed by atoms with Crippen molar-refractivity contribution in [3.05, 3.63) is 0 Å². The average molecular weight is 757 g/mol. The molecule has 0 saturated heterocycles. The van der Waals surface area contributed by atoms with Gasteiger partial charge in [-0.2, -0.15) is 0 Å². The van der Waals surface area contributed by atoms with Crippen LogP contribution in [0.3, 0.4) is 0 Å². The summed E-state index contributed by atoms with van der Waals surface area (Å²) in [5, 5.41) is 138. The Kier molecular flexibility index (Phi) is 30.0.